The van der Waals surface area contributed by atoms with Crippen molar-refractivity contribution in [3.05, 3.63) is 46.3 Å². The zero-order valence-corrected chi connectivity index (χ0v) is 11.9. The molecule has 0 aliphatic carbocycles. The molecule has 0 spiro atoms. The van der Waals surface area contributed by atoms with E-state index in [1.165, 1.54) is 30.5 Å². The Bertz CT molecular complexity index is 822. The molecule has 2 heterocycles. The number of nitrogen functional groups attached to an aromatic ring is 1. The van der Waals surface area contributed by atoms with Gasteiger partial charge in [-0.3, -0.25) is 0 Å². The molecule has 0 saturated carbocycles. The highest BCUT2D eigenvalue weighted by molar-refractivity contribution is 6.35. The molecule has 0 radical (unpaired) electrons. The predicted molar refractivity (Wildman–Crippen MR) is 77.4 cm³/mol. The normalized spacial score (nSPS) is 10.8. The number of anilines is 1. The SMILES string of the molecule is Nc1ccc(F)c(-c2nc(-c3ncc(Cl)cc3Cl)no2)c1. The molecule has 3 aromatic rings. The first kappa shape index (κ1) is 13.8. The van der Waals surface area contributed by atoms with Gasteiger partial charge in [-0.05, 0) is 24.3 Å². The predicted octanol–water partition coefficient (Wildman–Crippen LogP) is 3.83. The molecular formula is C13H7Cl2FN4O. The Kier molecular flexibility index (Phi) is 3.48. The maximum absolute atomic E-state index is 13.8. The van der Waals surface area contributed by atoms with Crippen molar-refractivity contribution >= 4 is 28.9 Å². The van der Waals surface area contributed by atoms with Crippen LogP contribution >= 0.6 is 23.2 Å². The summed E-state index contributed by atoms with van der Waals surface area (Å²) in [4.78, 5) is 8.11. The van der Waals surface area contributed by atoms with Crippen LogP contribution in [0.4, 0.5) is 10.1 Å². The van der Waals surface area contributed by atoms with Crippen LogP contribution in [0.5, 0.6) is 0 Å². The number of hydrogen-bond acceptors (Lipinski definition) is 5. The minimum absolute atomic E-state index is 0.0115. The summed E-state index contributed by atoms with van der Waals surface area (Å²) < 4.78 is 18.8. The molecule has 0 bridgehead atoms. The van der Waals surface area contributed by atoms with Gasteiger partial charge in [0.15, 0.2) is 0 Å². The third-order valence-electron chi connectivity index (χ3n) is 2.67. The molecule has 0 saturated heterocycles. The highest BCUT2D eigenvalue weighted by Crippen LogP contribution is 2.29. The minimum Gasteiger partial charge on any atom is -0.399 e. The van der Waals surface area contributed by atoms with Gasteiger partial charge in [-0.15, -0.1) is 0 Å². The van der Waals surface area contributed by atoms with Crippen LogP contribution in [0.25, 0.3) is 23.0 Å². The highest BCUT2D eigenvalue weighted by atomic mass is 35.5. The second-order valence-corrected chi connectivity index (χ2v) is 4.99. The average Bonchev–Trinajstić information content (AvgIpc) is 2.91. The molecule has 2 aromatic heterocycles. The van der Waals surface area contributed by atoms with Gasteiger partial charge in [-0.1, -0.05) is 28.4 Å². The van der Waals surface area contributed by atoms with E-state index in [1.807, 2.05) is 0 Å². The molecule has 3 rings (SSSR count). The molecule has 0 amide bonds. The van der Waals surface area contributed by atoms with E-state index in [0.29, 0.717) is 16.4 Å². The smallest absolute Gasteiger partial charge is 0.261 e. The van der Waals surface area contributed by atoms with Crippen LogP contribution in [0, 0.1) is 5.82 Å². The molecule has 1 aromatic carbocycles. The summed E-state index contributed by atoms with van der Waals surface area (Å²) in [5.74, 6) is -0.398. The van der Waals surface area contributed by atoms with Gasteiger partial charge < -0.3 is 10.3 Å². The standard InChI is InChI=1S/C13H7Cl2FN4O/c14-6-3-9(15)11(18-5-6)12-19-13(21-20-12)8-4-7(17)1-2-10(8)16/h1-5H,17H2. The van der Waals surface area contributed by atoms with Gasteiger partial charge in [-0.2, -0.15) is 4.98 Å². The van der Waals surface area contributed by atoms with E-state index < -0.39 is 5.82 Å². The summed E-state index contributed by atoms with van der Waals surface area (Å²) in [5.41, 5.74) is 6.40. The number of halogens is 3. The van der Waals surface area contributed by atoms with Gasteiger partial charge in [0.2, 0.25) is 5.82 Å². The Hall–Kier alpha value is -2.18. The lowest BCUT2D eigenvalue weighted by atomic mass is 10.2. The molecule has 21 heavy (non-hydrogen) atoms. The van der Waals surface area contributed by atoms with Gasteiger partial charge >= 0.3 is 0 Å². The zero-order chi connectivity index (χ0) is 15.0. The van der Waals surface area contributed by atoms with Crippen LogP contribution in [-0.2, 0) is 0 Å². The summed E-state index contributed by atoms with van der Waals surface area (Å²) in [5, 5.41) is 4.39. The van der Waals surface area contributed by atoms with Gasteiger partial charge in [0, 0.05) is 11.9 Å². The summed E-state index contributed by atoms with van der Waals surface area (Å²) in [7, 11) is 0. The monoisotopic (exact) mass is 324 g/mol. The molecule has 5 nitrogen and oxygen atoms in total. The fraction of sp³-hybridized carbons (Fsp3) is 0. The number of rotatable bonds is 2. The van der Waals surface area contributed by atoms with E-state index in [-0.39, 0.29) is 22.3 Å². The van der Waals surface area contributed by atoms with Crippen molar-refractivity contribution in [1.82, 2.24) is 15.1 Å². The van der Waals surface area contributed by atoms with E-state index in [9.17, 15) is 4.39 Å². The molecule has 0 aliphatic rings. The van der Waals surface area contributed by atoms with E-state index in [2.05, 4.69) is 15.1 Å². The maximum atomic E-state index is 13.8. The van der Waals surface area contributed by atoms with E-state index in [4.69, 9.17) is 33.5 Å². The van der Waals surface area contributed by atoms with Gasteiger partial charge in [0.1, 0.15) is 11.5 Å². The van der Waals surface area contributed by atoms with Crippen molar-refractivity contribution < 1.29 is 8.91 Å². The Morgan fingerprint density at radius 2 is 2.00 bits per heavy atom. The topological polar surface area (TPSA) is 77.8 Å². The Morgan fingerprint density at radius 3 is 2.76 bits per heavy atom. The molecule has 0 unspecified atom stereocenters. The van der Waals surface area contributed by atoms with Crippen molar-refractivity contribution in [3.8, 4) is 23.0 Å². The van der Waals surface area contributed by atoms with Gasteiger partial charge in [0.05, 0.1) is 15.6 Å². The number of nitrogens with two attached hydrogens (primary N) is 1. The van der Waals surface area contributed by atoms with Crippen LogP contribution in [0.15, 0.2) is 35.0 Å². The lowest BCUT2D eigenvalue weighted by molar-refractivity contribution is 0.429. The molecular weight excluding hydrogens is 318 g/mol. The van der Waals surface area contributed by atoms with E-state index in [1.54, 1.807) is 0 Å². The quantitative estimate of drug-likeness (QED) is 0.725. The van der Waals surface area contributed by atoms with Crippen molar-refractivity contribution in [2.45, 2.75) is 0 Å². The Morgan fingerprint density at radius 1 is 1.19 bits per heavy atom. The number of aromatic nitrogens is 3. The molecule has 0 aliphatic heterocycles. The number of pyridine rings is 1. The summed E-state index contributed by atoms with van der Waals surface area (Å²) in [6.07, 6.45) is 1.40. The second-order valence-electron chi connectivity index (χ2n) is 4.15. The van der Waals surface area contributed by atoms with Crippen LogP contribution < -0.4 is 5.73 Å². The van der Waals surface area contributed by atoms with Gasteiger partial charge in [-0.25, -0.2) is 9.37 Å². The fourth-order valence-electron chi connectivity index (χ4n) is 1.71. The second kappa shape index (κ2) is 5.31. The largest absolute Gasteiger partial charge is 0.399 e. The first-order valence-electron chi connectivity index (χ1n) is 5.75. The van der Waals surface area contributed by atoms with Crippen LogP contribution in [0.3, 0.4) is 0 Å². The molecule has 106 valence electrons. The molecule has 8 heteroatoms. The summed E-state index contributed by atoms with van der Waals surface area (Å²) in [6, 6.07) is 5.57. The first-order valence-corrected chi connectivity index (χ1v) is 6.50. The van der Waals surface area contributed by atoms with E-state index in [0.717, 1.165) is 0 Å². The third-order valence-corrected chi connectivity index (χ3v) is 3.16. The van der Waals surface area contributed by atoms with Crippen molar-refractivity contribution in [2.75, 3.05) is 5.73 Å². The average molecular weight is 325 g/mol. The lowest BCUT2D eigenvalue weighted by Crippen LogP contribution is -1.90. The van der Waals surface area contributed by atoms with Crippen LogP contribution in [-0.4, -0.2) is 15.1 Å². The third kappa shape index (κ3) is 2.68. The molecule has 0 fully saturated rings. The summed E-state index contributed by atoms with van der Waals surface area (Å²) in [6.45, 7) is 0. The zero-order valence-electron chi connectivity index (χ0n) is 10.3. The maximum Gasteiger partial charge on any atom is 0.261 e. The first-order chi connectivity index (χ1) is 10.0. The minimum atomic E-state index is -0.519. The van der Waals surface area contributed by atoms with Crippen molar-refractivity contribution in [1.29, 1.82) is 0 Å². The number of benzene rings is 1. The number of nitrogens with zero attached hydrogens (tertiary/aromatic N) is 3. The van der Waals surface area contributed by atoms with Gasteiger partial charge in [0.25, 0.3) is 5.89 Å². The van der Waals surface area contributed by atoms with Crippen LogP contribution in [0.1, 0.15) is 0 Å². The number of hydrogen-bond donors (Lipinski definition) is 1. The fourth-order valence-corrected chi connectivity index (χ4v) is 2.18. The lowest BCUT2D eigenvalue weighted by Gasteiger charge is -1.99. The Balaban J connectivity index is 2.06. The van der Waals surface area contributed by atoms with Crippen LogP contribution in [0.2, 0.25) is 10.0 Å². The molecule has 2 N–H and O–H groups in total. The molecule has 0 atom stereocenters. The Labute approximate surface area is 128 Å². The highest BCUT2D eigenvalue weighted by Gasteiger charge is 2.17. The summed E-state index contributed by atoms with van der Waals surface area (Å²) >= 11 is 11.8. The van der Waals surface area contributed by atoms with Crippen molar-refractivity contribution in [3.63, 3.8) is 0 Å². The van der Waals surface area contributed by atoms with Crippen molar-refractivity contribution in [2.24, 2.45) is 0 Å². The van der Waals surface area contributed by atoms with E-state index >= 15 is 0 Å².